The number of hydrogen-bond acceptors (Lipinski definition) is 6. The van der Waals surface area contributed by atoms with E-state index in [1.165, 1.54) is 38.9 Å². The molecule has 0 aromatic heterocycles. The van der Waals surface area contributed by atoms with E-state index in [-0.39, 0.29) is 50.1 Å². The lowest BCUT2D eigenvalue weighted by atomic mass is 10.2. The molecular formula is C20H21N3O6S. The molecule has 2 aromatic carbocycles. The number of nitro benzene ring substituents is 1. The number of non-ortho nitro benzene ring substituents is 1. The first kappa shape index (κ1) is 21.5. The molecule has 9 nitrogen and oxygen atoms in total. The molecule has 1 heterocycles. The van der Waals surface area contributed by atoms with Crippen molar-refractivity contribution >= 4 is 27.7 Å². The highest BCUT2D eigenvalue weighted by Gasteiger charge is 2.27. The maximum Gasteiger partial charge on any atom is 0.273 e. The van der Waals surface area contributed by atoms with E-state index in [1.807, 2.05) is 30.3 Å². The van der Waals surface area contributed by atoms with Crippen LogP contribution >= 0.6 is 0 Å². The zero-order valence-electron chi connectivity index (χ0n) is 16.1. The third-order valence-electron chi connectivity index (χ3n) is 4.57. The Labute approximate surface area is 174 Å². The smallest absolute Gasteiger partial charge is 0.273 e. The van der Waals surface area contributed by atoms with Crippen molar-refractivity contribution in [2.75, 3.05) is 32.8 Å². The van der Waals surface area contributed by atoms with Gasteiger partial charge in [0, 0.05) is 37.7 Å². The van der Waals surface area contributed by atoms with Gasteiger partial charge >= 0.3 is 0 Å². The highest BCUT2D eigenvalue weighted by atomic mass is 32.2. The Morgan fingerprint density at radius 3 is 2.43 bits per heavy atom. The van der Waals surface area contributed by atoms with Crippen LogP contribution in [0, 0.1) is 10.1 Å². The standard InChI is InChI=1S/C20H21N3O6S/c24-20(16-29-19-8-4-7-18(15-19)23(25)26)21-10-12-22(13-11-21)30(27,28)14-9-17-5-2-1-3-6-17/h1-9,14-15H,10-13,16H2/b14-9+. The second-order valence-electron chi connectivity index (χ2n) is 6.58. The number of benzene rings is 2. The molecule has 30 heavy (non-hydrogen) atoms. The van der Waals surface area contributed by atoms with Crippen molar-refractivity contribution in [1.29, 1.82) is 0 Å². The highest BCUT2D eigenvalue weighted by Crippen LogP contribution is 2.19. The van der Waals surface area contributed by atoms with Crippen LogP contribution in [0.5, 0.6) is 5.75 Å². The van der Waals surface area contributed by atoms with Gasteiger partial charge in [-0.3, -0.25) is 14.9 Å². The Bertz CT molecular complexity index is 1030. The molecule has 1 aliphatic heterocycles. The number of carbonyl (C=O) groups is 1. The summed E-state index contributed by atoms with van der Waals surface area (Å²) in [7, 11) is -3.58. The monoisotopic (exact) mass is 431 g/mol. The maximum absolute atomic E-state index is 12.5. The van der Waals surface area contributed by atoms with Gasteiger partial charge in [0.1, 0.15) is 5.75 Å². The Kier molecular flexibility index (Phi) is 6.80. The number of piperazine rings is 1. The fourth-order valence-electron chi connectivity index (χ4n) is 2.93. The lowest BCUT2D eigenvalue weighted by Gasteiger charge is -2.33. The van der Waals surface area contributed by atoms with Gasteiger partial charge in [0.05, 0.1) is 11.0 Å². The second kappa shape index (κ2) is 9.51. The van der Waals surface area contributed by atoms with E-state index < -0.39 is 14.9 Å². The molecule has 1 aliphatic rings. The first-order chi connectivity index (χ1) is 14.3. The van der Waals surface area contributed by atoms with Gasteiger partial charge in [-0.15, -0.1) is 0 Å². The fourth-order valence-corrected chi connectivity index (χ4v) is 4.10. The van der Waals surface area contributed by atoms with Crippen LogP contribution in [0.3, 0.4) is 0 Å². The Balaban J connectivity index is 1.51. The van der Waals surface area contributed by atoms with Gasteiger partial charge in [-0.25, -0.2) is 8.42 Å². The van der Waals surface area contributed by atoms with E-state index in [1.54, 1.807) is 6.08 Å². The van der Waals surface area contributed by atoms with Gasteiger partial charge in [-0.05, 0) is 17.7 Å². The van der Waals surface area contributed by atoms with Crippen molar-refractivity contribution in [3.8, 4) is 5.75 Å². The first-order valence-corrected chi connectivity index (χ1v) is 10.7. The average molecular weight is 431 g/mol. The van der Waals surface area contributed by atoms with E-state index in [4.69, 9.17) is 4.74 Å². The summed E-state index contributed by atoms with van der Waals surface area (Å²) in [6, 6.07) is 14.7. The molecule has 1 fully saturated rings. The molecule has 0 unspecified atom stereocenters. The summed E-state index contributed by atoms with van der Waals surface area (Å²) in [5.41, 5.74) is 0.663. The van der Waals surface area contributed by atoms with Crippen molar-refractivity contribution in [1.82, 2.24) is 9.21 Å². The number of hydrogen-bond donors (Lipinski definition) is 0. The van der Waals surface area contributed by atoms with E-state index in [2.05, 4.69) is 0 Å². The molecule has 0 spiro atoms. The third-order valence-corrected chi connectivity index (χ3v) is 6.14. The first-order valence-electron chi connectivity index (χ1n) is 9.23. The van der Waals surface area contributed by atoms with Crippen molar-refractivity contribution in [2.45, 2.75) is 0 Å². The van der Waals surface area contributed by atoms with Crippen LogP contribution in [0.4, 0.5) is 5.69 Å². The van der Waals surface area contributed by atoms with Gasteiger partial charge in [0.15, 0.2) is 6.61 Å². The summed E-state index contributed by atoms with van der Waals surface area (Å²) in [4.78, 5) is 24.1. The van der Waals surface area contributed by atoms with E-state index in [9.17, 15) is 23.3 Å². The predicted octanol–water partition coefficient (Wildman–Crippen LogP) is 2.12. The van der Waals surface area contributed by atoms with Crippen LogP contribution in [0.1, 0.15) is 5.56 Å². The number of nitrogens with zero attached hydrogens (tertiary/aromatic N) is 3. The number of amides is 1. The number of nitro groups is 1. The predicted molar refractivity (Wildman–Crippen MR) is 111 cm³/mol. The summed E-state index contributed by atoms with van der Waals surface area (Å²) >= 11 is 0. The molecule has 10 heteroatoms. The van der Waals surface area contributed by atoms with Gasteiger partial charge in [-0.1, -0.05) is 36.4 Å². The van der Waals surface area contributed by atoms with Crippen LogP contribution in [-0.4, -0.2) is 61.2 Å². The summed E-state index contributed by atoms with van der Waals surface area (Å²) < 4.78 is 31.7. The van der Waals surface area contributed by atoms with Gasteiger partial charge in [-0.2, -0.15) is 4.31 Å². The molecule has 3 rings (SSSR count). The van der Waals surface area contributed by atoms with Crippen LogP contribution < -0.4 is 4.74 Å². The fraction of sp³-hybridized carbons (Fsp3) is 0.250. The van der Waals surface area contributed by atoms with Gasteiger partial charge in [0.25, 0.3) is 11.6 Å². The van der Waals surface area contributed by atoms with Crippen LogP contribution in [0.25, 0.3) is 6.08 Å². The molecule has 1 amide bonds. The van der Waals surface area contributed by atoms with Crippen molar-refractivity contribution in [3.63, 3.8) is 0 Å². The molecule has 158 valence electrons. The topological polar surface area (TPSA) is 110 Å². The van der Waals surface area contributed by atoms with Crippen LogP contribution in [0.2, 0.25) is 0 Å². The van der Waals surface area contributed by atoms with Crippen molar-refractivity contribution in [2.24, 2.45) is 0 Å². The molecule has 0 radical (unpaired) electrons. The molecule has 0 saturated carbocycles. The number of carbonyl (C=O) groups excluding carboxylic acids is 1. The summed E-state index contributed by atoms with van der Waals surface area (Å²) in [6.07, 6.45) is 1.54. The minimum atomic E-state index is -3.58. The second-order valence-corrected chi connectivity index (χ2v) is 8.40. The molecular weight excluding hydrogens is 410 g/mol. The van der Waals surface area contributed by atoms with Crippen molar-refractivity contribution in [3.05, 3.63) is 75.7 Å². The zero-order valence-corrected chi connectivity index (χ0v) is 16.9. The van der Waals surface area contributed by atoms with E-state index in [0.29, 0.717) is 0 Å². The zero-order chi connectivity index (χ0) is 21.6. The molecule has 0 bridgehead atoms. The minimum absolute atomic E-state index is 0.123. The van der Waals surface area contributed by atoms with Crippen LogP contribution in [0.15, 0.2) is 60.0 Å². The van der Waals surface area contributed by atoms with Gasteiger partial charge < -0.3 is 9.64 Å². The molecule has 2 aromatic rings. The summed E-state index contributed by atoms with van der Waals surface area (Å²) in [6.45, 7) is 0.584. The SMILES string of the molecule is O=C(COc1cccc([N+](=O)[O-])c1)N1CCN(S(=O)(=O)/C=C/c2ccccc2)CC1. The van der Waals surface area contributed by atoms with Crippen LogP contribution in [-0.2, 0) is 14.8 Å². The molecule has 0 N–H and O–H groups in total. The highest BCUT2D eigenvalue weighted by molar-refractivity contribution is 7.92. The number of sulfonamides is 1. The molecule has 1 saturated heterocycles. The Morgan fingerprint density at radius 2 is 1.77 bits per heavy atom. The Hall–Kier alpha value is -3.24. The van der Waals surface area contributed by atoms with Gasteiger partial charge in [0.2, 0.25) is 10.0 Å². The molecule has 0 atom stereocenters. The van der Waals surface area contributed by atoms with E-state index >= 15 is 0 Å². The lowest BCUT2D eigenvalue weighted by Crippen LogP contribution is -2.51. The largest absolute Gasteiger partial charge is 0.484 e. The Morgan fingerprint density at radius 1 is 1.07 bits per heavy atom. The van der Waals surface area contributed by atoms with E-state index in [0.717, 1.165) is 5.56 Å². The third kappa shape index (κ3) is 5.65. The summed E-state index contributed by atoms with van der Waals surface area (Å²) in [5, 5.41) is 12.0. The van der Waals surface area contributed by atoms with Crippen molar-refractivity contribution < 1.29 is 22.9 Å². The quantitative estimate of drug-likeness (QED) is 0.491. The molecule has 0 aliphatic carbocycles. The summed E-state index contributed by atoms with van der Waals surface area (Å²) in [5.74, 6) is -0.0804. The normalized spacial score (nSPS) is 15.3. The lowest BCUT2D eigenvalue weighted by molar-refractivity contribution is -0.384. The average Bonchev–Trinajstić information content (AvgIpc) is 2.77. The number of ether oxygens (including phenoxy) is 1. The maximum atomic E-state index is 12.5. The number of rotatable bonds is 7. The minimum Gasteiger partial charge on any atom is -0.484 e.